The first-order valence-electron chi connectivity index (χ1n) is 6.44. The second kappa shape index (κ2) is 7.04. The van der Waals surface area contributed by atoms with Crippen molar-refractivity contribution >= 4 is 5.91 Å². The van der Waals surface area contributed by atoms with Crippen molar-refractivity contribution in [2.45, 2.75) is 32.6 Å². The minimum atomic E-state index is 0.149. The molecule has 0 unspecified atom stereocenters. The average Bonchev–Trinajstić information content (AvgIpc) is 2.34. The highest BCUT2D eigenvalue weighted by Crippen LogP contribution is 2.25. The maximum Gasteiger partial charge on any atom is 0.222 e. The van der Waals surface area contributed by atoms with Gasteiger partial charge >= 0.3 is 0 Å². The first kappa shape index (κ1) is 14.6. The third-order valence-corrected chi connectivity index (χ3v) is 2.83. The zero-order chi connectivity index (χ0) is 13.5. The Morgan fingerprint density at radius 2 is 1.94 bits per heavy atom. The number of nitrogens with zero attached hydrogens (tertiary/aromatic N) is 1. The molecule has 1 aromatic rings. The van der Waals surface area contributed by atoms with Crippen molar-refractivity contribution in [3.05, 3.63) is 29.8 Å². The van der Waals surface area contributed by atoms with Crippen LogP contribution >= 0.6 is 0 Å². The molecule has 0 heterocycles. The molecule has 0 aromatic heterocycles. The number of para-hydroxylation sites is 1. The highest BCUT2D eigenvalue weighted by Gasteiger charge is 2.07. The molecule has 3 heteroatoms. The van der Waals surface area contributed by atoms with Gasteiger partial charge in [0.05, 0.1) is 6.61 Å². The zero-order valence-corrected chi connectivity index (χ0v) is 11.8. The first-order chi connectivity index (χ1) is 8.52. The second-order valence-electron chi connectivity index (χ2n) is 4.93. The standard InChI is InChI=1S/C15H23NO2/c1-12(2)13-8-5-6-9-14(13)18-11-7-10-15(17)16(3)4/h5-6,8-9,12H,7,10-11H2,1-4H3. The molecule has 1 rings (SSSR count). The molecule has 0 spiro atoms. The Morgan fingerprint density at radius 1 is 1.28 bits per heavy atom. The predicted molar refractivity (Wildman–Crippen MR) is 74.0 cm³/mol. The van der Waals surface area contributed by atoms with Crippen LogP contribution in [-0.4, -0.2) is 31.5 Å². The van der Waals surface area contributed by atoms with E-state index in [-0.39, 0.29) is 5.91 Å². The number of amides is 1. The van der Waals surface area contributed by atoms with Crippen LogP contribution in [0.5, 0.6) is 5.75 Å². The van der Waals surface area contributed by atoms with Crippen molar-refractivity contribution in [2.75, 3.05) is 20.7 Å². The number of hydrogen-bond donors (Lipinski definition) is 0. The van der Waals surface area contributed by atoms with Crippen molar-refractivity contribution in [3.63, 3.8) is 0 Å². The number of carbonyl (C=O) groups is 1. The van der Waals surface area contributed by atoms with Gasteiger partial charge in [-0.15, -0.1) is 0 Å². The fourth-order valence-electron chi connectivity index (χ4n) is 1.72. The molecule has 0 N–H and O–H groups in total. The number of benzene rings is 1. The summed E-state index contributed by atoms with van der Waals surface area (Å²) in [6.45, 7) is 4.89. The van der Waals surface area contributed by atoms with E-state index in [1.807, 2.05) is 18.2 Å². The Bertz CT molecular complexity index is 386. The Hall–Kier alpha value is -1.51. The van der Waals surface area contributed by atoms with E-state index >= 15 is 0 Å². The molecule has 0 radical (unpaired) electrons. The van der Waals surface area contributed by atoms with Crippen LogP contribution in [-0.2, 0) is 4.79 Å². The minimum Gasteiger partial charge on any atom is -0.493 e. The van der Waals surface area contributed by atoms with E-state index in [4.69, 9.17) is 4.74 Å². The van der Waals surface area contributed by atoms with Crippen LogP contribution in [0.1, 0.15) is 38.2 Å². The summed E-state index contributed by atoms with van der Waals surface area (Å²) in [5.41, 5.74) is 1.22. The van der Waals surface area contributed by atoms with Gasteiger partial charge in [0, 0.05) is 20.5 Å². The largest absolute Gasteiger partial charge is 0.493 e. The summed E-state index contributed by atoms with van der Waals surface area (Å²) < 4.78 is 5.76. The topological polar surface area (TPSA) is 29.5 Å². The average molecular weight is 249 g/mol. The number of carbonyl (C=O) groups excluding carboxylic acids is 1. The van der Waals surface area contributed by atoms with Gasteiger partial charge in [-0.25, -0.2) is 0 Å². The smallest absolute Gasteiger partial charge is 0.222 e. The minimum absolute atomic E-state index is 0.149. The number of rotatable bonds is 6. The molecule has 100 valence electrons. The lowest BCUT2D eigenvalue weighted by molar-refractivity contribution is -0.128. The van der Waals surface area contributed by atoms with Crippen LogP contribution in [0.15, 0.2) is 24.3 Å². The lowest BCUT2D eigenvalue weighted by Gasteiger charge is -2.14. The van der Waals surface area contributed by atoms with Gasteiger partial charge in [0.25, 0.3) is 0 Å². The van der Waals surface area contributed by atoms with Gasteiger partial charge in [0.1, 0.15) is 5.75 Å². The van der Waals surface area contributed by atoms with E-state index in [1.54, 1.807) is 19.0 Å². The number of hydrogen-bond acceptors (Lipinski definition) is 2. The Labute approximate surface area is 110 Å². The molecule has 3 nitrogen and oxygen atoms in total. The van der Waals surface area contributed by atoms with Crippen LogP contribution in [0.25, 0.3) is 0 Å². The van der Waals surface area contributed by atoms with Crippen LogP contribution in [0.3, 0.4) is 0 Å². The summed E-state index contributed by atoms with van der Waals surface area (Å²) in [5.74, 6) is 1.53. The van der Waals surface area contributed by atoms with Gasteiger partial charge in [0.15, 0.2) is 0 Å². The third kappa shape index (κ3) is 4.40. The van der Waals surface area contributed by atoms with Crippen LogP contribution in [0, 0.1) is 0 Å². The van der Waals surface area contributed by atoms with Gasteiger partial charge in [-0.1, -0.05) is 32.0 Å². The Kier molecular flexibility index (Phi) is 5.69. The van der Waals surface area contributed by atoms with E-state index in [0.29, 0.717) is 18.9 Å². The lowest BCUT2D eigenvalue weighted by atomic mass is 10.0. The van der Waals surface area contributed by atoms with E-state index in [1.165, 1.54) is 5.56 Å². The van der Waals surface area contributed by atoms with Gasteiger partial charge in [-0.3, -0.25) is 4.79 Å². The molecule has 0 aliphatic carbocycles. The van der Waals surface area contributed by atoms with Crippen molar-refractivity contribution in [2.24, 2.45) is 0 Å². The molecule has 0 bridgehead atoms. The second-order valence-corrected chi connectivity index (χ2v) is 4.93. The monoisotopic (exact) mass is 249 g/mol. The molecule has 0 atom stereocenters. The van der Waals surface area contributed by atoms with E-state index in [9.17, 15) is 4.79 Å². The number of ether oxygens (including phenoxy) is 1. The Morgan fingerprint density at radius 3 is 2.56 bits per heavy atom. The zero-order valence-electron chi connectivity index (χ0n) is 11.8. The molecule has 0 aliphatic heterocycles. The van der Waals surface area contributed by atoms with Crippen molar-refractivity contribution in [1.82, 2.24) is 4.90 Å². The quantitative estimate of drug-likeness (QED) is 0.725. The summed E-state index contributed by atoms with van der Waals surface area (Å²) in [5, 5.41) is 0. The molecule has 1 aromatic carbocycles. The fraction of sp³-hybridized carbons (Fsp3) is 0.533. The van der Waals surface area contributed by atoms with Crippen LogP contribution < -0.4 is 4.74 Å². The van der Waals surface area contributed by atoms with Crippen molar-refractivity contribution < 1.29 is 9.53 Å². The van der Waals surface area contributed by atoms with Crippen molar-refractivity contribution in [1.29, 1.82) is 0 Å². The summed E-state index contributed by atoms with van der Waals surface area (Å²) >= 11 is 0. The maximum absolute atomic E-state index is 11.4. The highest BCUT2D eigenvalue weighted by molar-refractivity contribution is 5.75. The van der Waals surface area contributed by atoms with Gasteiger partial charge in [-0.05, 0) is 24.0 Å². The molecule has 0 fully saturated rings. The SMILES string of the molecule is CC(C)c1ccccc1OCCCC(=O)N(C)C. The van der Waals surface area contributed by atoms with Gasteiger partial charge < -0.3 is 9.64 Å². The van der Waals surface area contributed by atoms with E-state index in [0.717, 1.165) is 12.2 Å². The normalized spacial score (nSPS) is 10.5. The summed E-state index contributed by atoms with van der Waals surface area (Å²) in [6, 6.07) is 8.08. The summed E-state index contributed by atoms with van der Waals surface area (Å²) in [6.07, 6.45) is 1.29. The molecule has 0 saturated carbocycles. The van der Waals surface area contributed by atoms with Crippen LogP contribution in [0.4, 0.5) is 0 Å². The molecule has 0 aliphatic rings. The lowest BCUT2D eigenvalue weighted by Crippen LogP contribution is -2.21. The molecular formula is C15H23NO2. The predicted octanol–water partition coefficient (Wildman–Crippen LogP) is 3.06. The maximum atomic E-state index is 11.4. The molecule has 18 heavy (non-hydrogen) atoms. The van der Waals surface area contributed by atoms with E-state index < -0.39 is 0 Å². The van der Waals surface area contributed by atoms with Gasteiger partial charge in [-0.2, -0.15) is 0 Å². The molecule has 1 amide bonds. The molecular weight excluding hydrogens is 226 g/mol. The Balaban J connectivity index is 2.42. The first-order valence-corrected chi connectivity index (χ1v) is 6.44. The summed E-state index contributed by atoms with van der Waals surface area (Å²) in [7, 11) is 3.55. The molecule has 0 saturated heterocycles. The highest BCUT2D eigenvalue weighted by atomic mass is 16.5. The van der Waals surface area contributed by atoms with E-state index in [2.05, 4.69) is 19.9 Å². The summed E-state index contributed by atoms with van der Waals surface area (Å²) in [4.78, 5) is 13.0. The van der Waals surface area contributed by atoms with Crippen LogP contribution in [0.2, 0.25) is 0 Å². The van der Waals surface area contributed by atoms with Crippen molar-refractivity contribution in [3.8, 4) is 5.75 Å². The third-order valence-electron chi connectivity index (χ3n) is 2.83. The van der Waals surface area contributed by atoms with Gasteiger partial charge in [0.2, 0.25) is 5.91 Å². The fourth-order valence-corrected chi connectivity index (χ4v) is 1.72.